The maximum atomic E-state index is 13.1. The highest BCUT2D eigenvalue weighted by Crippen LogP contribution is 2.26. The van der Waals surface area contributed by atoms with Crippen molar-refractivity contribution < 1.29 is 19.1 Å². The minimum absolute atomic E-state index is 0.0886. The standard InChI is InChI=1S/C29H33N5O4/c1-29(2,3)38-28(37)34-18-24(26(35)32-14-12-20-4-8-22(16-30)9-5-20)25(19-34)27(36)33-15-13-21-6-10-23(17-31)11-7-21/h4-11,24-25H,12-15,18-19H2,1-3H3,(H,32,35)(H,33,36)/t24-,25-/m1/s1. The molecular weight excluding hydrogens is 482 g/mol. The van der Waals surface area contributed by atoms with Crippen LogP contribution in [0, 0.1) is 34.5 Å². The van der Waals surface area contributed by atoms with E-state index in [1.54, 1.807) is 45.0 Å². The predicted molar refractivity (Wildman–Crippen MR) is 141 cm³/mol. The lowest BCUT2D eigenvalue weighted by atomic mass is 9.94. The molecule has 1 saturated heterocycles. The van der Waals surface area contributed by atoms with E-state index in [-0.39, 0.29) is 24.9 Å². The summed E-state index contributed by atoms with van der Waals surface area (Å²) in [6.07, 6.45) is 0.587. The van der Waals surface area contributed by atoms with Gasteiger partial charge in [-0.2, -0.15) is 10.5 Å². The molecule has 3 rings (SSSR count). The Balaban J connectivity index is 1.61. The molecule has 2 N–H and O–H groups in total. The van der Waals surface area contributed by atoms with Crippen LogP contribution in [0.3, 0.4) is 0 Å². The van der Waals surface area contributed by atoms with Gasteiger partial charge in [0.1, 0.15) is 5.60 Å². The first-order valence-electron chi connectivity index (χ1n) is 12.6. The Kier molecular flexibility index (Phi) is 9.45. The Morgan fingerprint density at radius 3 is 1.55 bits per heavy atom. The lowest BCUT2D eigenvalue weighted by Gasteiger charge is -2.24. The van der Waals surface area contributed by atoms with Crippen molar-refractivity contribution in [3.8, 4) is 12.1 Å². The summed E-state index contributed by atoms with van der Waals surface area (Å²) in [5, 5.41) is 23.7. The van der Waals surface area contributed by atoms with Gasteiger partial charge in [-0.15, -0.1) is 0 Å². The zero-order valence-corrected chi connectivity index (χ0v) is 22.0. The number of carbonyl (C=O) groups excluding carboxylic acids is 3. The fourth-order valence-electron chi connectivity index (χ4n) is 4.22. The van der Waals surface area contributed by atoms with E-state index in [4.69, 9.17) is 15.3 Å². The lowest BCUT2D eigenvalue weighted by Crippen LogP contribution is -2.42. The third-order valence-corrected chi connectivity index (χ3v) is 6.24. The van der Waals surface area contributed by atoms with Crippen LogP contribution >= 0.6 is 0 Å². The quantitative estimate of drug-likeness (QED) is 0.555. The van der Waals surface area contributed by atoms with E-state index >= 15 is 0 Å². The van der Waals surface area contributed by atoms with Crippen molar-refractivity contribution in [1.29, 1.82) is 10.5 Å². The number of nitriles is 2. The molecule has 0 radical (unpaired) electrons. The molecule has 1 heterocycles. The summed E-state index contributed by atoms with van der Waals surface area (Å²) in [4.78, 5) is 40.4. The van der Waals surface area contributed by atoms with Crippen LogP contribution in [0.15, 0.2) is 48.5 Å². The largest absolute Gasteiger partial charge is 0.444 e. The summed E-state index contributed by atoms with van der Waals surface area (Å²) in [6, 6.07) is 18.4. The van der Waals surface area contributed by atoms with E-state index in [9.17, 15) is 14.4 Å². The van der Waals surface area contributed by atoms with Gasteiger partial charge in [0, 0.05) is 26.2 Å². The van der Waals surface area contributed by atoms with Crippen LogP contribution in [0.25, 0.3) is 0 Å². The maximum Gasteiger partial charge on any atom is 0.410 e. The van der Waals surface area contributed by atoms with Crippen molar-refractivity contribution in [2.45, 2.75) is 39.2 Å². The molecule has 9 nitrogen and oxygen atoms in total. The molecule has 2 atom stereocenters. The average molecular weight is 516 g/mol. The zero-order valence-electron chi connectivity index (χ0n) is 22.0. The molecule has 0 bridgehead atoms. The van der Waals surface area contributed by atoms with Gasteiger partial charge in [0.25, 0.3) is 0 Å². The Labute approximate surface area is 223 Å². The number of rotatable bonds is 8. The number of hydrogen-bond acceptors (Lipinski definition) is 6. The Hall–Kier alpha value is -4.37. The highest BCUT2D eigenvalue weighted by Gasteiger charge is 2.44. The highest BCUT2D eigenvalue weighted by molar-refractivity contribution is 5.89. The van der Waals surface area contributed by atoms with Gasteiger partial charge in [-0.3, -0.25) is 9.59 Å². The molecule has 1 fully saturated rings. The molecule has 1 aliphatic heterocycles. The topological polar surface area (TPSA) is 135 Å². The molecule has 0 unspecified atom stereocenters. The molecule has 1 aliphatic rings. The highest BCUT2D eigenvalue weighted by atomic mass is 16.6. The van der Waals surface area contributed by atoms with Crippen molar-refractivity contribution in [3.63, 3.8) is 0 Å². The first kappa shape index (κ1) is 28.2. The minimum atomic E-state index is -0.710. The molecule has 0 saturated carbocycles. The minimum Gasteiger partial charge on any atom is -0.444 e. The predicted octanol–water partition coefficient (Wildman–Crippen LogP) is 2.93. The van der Waals surface area contributed by atoms with E-state index in [0.717, 1.165) is 11.1 Å². The van der Waals surface area contributed by atoms with Crippen LogP contribution in [0.5, 0.6) is 0 Å². The third-order valence-electron chi connectivity index (χ3n) is 6.24. The zero-order chi connectivity index (χ0) is 27.7. The number of benzene rings is 2. The number of amides is 3. The fraction of sp³-hybridized carbons (Fsp3) is 0.414. The molecule has 2 aromatic carbocycles. The van der Waals surface area contributed by atoms with E-state index in [0.29, 0.717) is 37.1 Å². The van der Waals surface area contributed by atoms with Gasteiger partial charge >= 0.3 is 6.09 Å². The van der Waals surface area contributed by atoms with Gasteiger partial charge in [-0.1, -0.05) is 24.3 Å². The smallest absolute Gasteiger partial charge is 0.410 e. The van der Waals surface area contributed by atoms with E-state index in [1.165, 1.54) is 4.90 Å². The van der Waals surface area contributed by atoms with Gasteiger partial charge in [0.2, 0.25) is 11.8 Å². The van der Waals surface area contributed by atoms with Gasteiger partial charge in [0.05, 0.1) is 35.1 Å². The van der Waals surface area contributed by atoms with Crippen LogP contribution < -0.4 is 10.6 Å². The Morgan fingerprint density at radius 1 is 0.816 bits per heavy atom. The van der Waals surface area contributed by atoms with Gasteiger partial charge < -0.3 is 20.3 Å². The molecule has 0 aromatic heterocycles. The molecule has 0 aliphatic carbocycles. The van der Waals surface area contributed by atoms with Crippen LogP contribution in [-0.2, 0) is 27.2 Å². The van der Waals surface area contributed by atoms with Crippen LogP contribution in [-0.4, -0.2) is 54.6 Å². The van der Waals surface area contributed by atoms with Crippen LogP contribution in [0.1, 0.15) is 43.0 Å². The molecule has 9 heteroatoms. The van der Waals surface area contributed by atoms with Crippen molar-refractivity contribution in [1.82, 2.24) is 15.5 Å². The van der Waals surface area contributed by atoms with Crippen molar-refractivity contribution in [2.75, 3.05) is 26.2 Å². The van der Waals surface area contributed by atoms with Crippen molar-refractivity contribution in [3.05, 3.63) is 70.8 Å². The Morgan fingerprint density at radius 2 is 1.21 bits per heavy atom. The first-order valence-corrected chi connectivity index (χ1v) is 12.6. The summed E-state index contributed by atoms with van der Waals surface area (Å²) in [6.45, 7) is 6.20. The second-order valence-electron chi connectivity index (χ2n) is 10.3. The number of nitrogens with zero attached hydrogens (tertiary/aromatic N) is 3. The maximum absolute atomic E-state index is 13.1. The first-order chi connectivity index (χ1) is 18.1. The lowest BCUT2D eigenvalue weighted by molar-refractivity contribution is -0.132. The number of carbonyl (C=O) groups is 3. The Bertz CT molecular complexity index is 1140. The second-order valence-corrected chi connectivity index (χ2v) is 10.3. The monoisotopic (exact) mass is 515 g/mol. The summed E-state index contributed by atoms with van der Waals surface area (Å²) in [7, 11) is 0. The van der Waals surface area contributed by atoms with Crippen molar-refractivity contribution in [2.24, 2.45) is 11.8 Å². The van der Waals surface area contributed by atoms with E-state index in [1.807, 2.05) is 24.3 Å². The molecular formula is C29H33N5O4. The number of likely N-dealkylation sites (tertiary alicyclic amines) is 1. The summed E-state index contributed by atoms with van der Waals surface area (Å²) in [5.74, 6) is -2.01. The van der Waals surface area contributed by atoms with Gasteiger partial charge in [-0.25, -0.2) is 4.79 Å². The fourth-order valence-corrected chi connectivity index (χ4v) is 4.22. The van der Waals surface area contributed by atoms with Crippen LogP contribution in [0.2, 0.25) is 0 Å². The SMILES string of the molecule is CC(C)(C)OC(=O)N1C[C@@H](C(=O)NCCc2ccc(C#N)cc2)[C@H](C(=O)NCCc2ccc(C#N)cc2)C1. The summed E-state index contributed by atoms with van der Waals surface area (Å²) < 4.78 is 5.47. The molecule has 2 aromatic rings. The van der Waals surface area contributed by atoms with E-state index in [2.05, 4.69) is 22.8 Å². The molecule has 0 spiro atoms. The molecule has 38 heavy (non-hydrogen) atoms. The number of ether oxygens (including phenoxy) is 1. The molecule has 198 valence electrons. The van der Waals surface area contributed by atoms with Crippen LogP contribution in [0.4, 0.5) is 4.79 Å². The summed E-state index contributed by atoms with van der Waals surface area (Å²) >= 11 is 0. The second kappa shape index (κ2) is 12.7. The number of hydrogen-bond donors (Lipinski definition) is 2. The van der Waals surface area contributed by atoms with Gasteiger partial charge in [0.15, 0.2) is 0 Å². The van der Waals surface area contributed by atoms with Gasteiger partial charge in [-0.05, 0) is 69.0 Å². The van der Waals surface area contributed by atoms with Crippen molar-refractivity contribution >= 4 is 17.9 Å². The average Bonchev–Trinajstić information content (AvgIpc) is 3.35. The summed E-state index contributed by atoms with van der Waals surface area (Å²) in [5.41, 5.74) is 2.39. The third kappa shape index (κ3) is 8.07. The van der Waals surface area contributed by atoms with E-state index < -0.39 is 23.5 Å². The molecule has 3 amide bonds. The normalized spacial score (nSPS) is 16.7. The number of nitrogens with one attached hydrogen (secondary N) is 2.